The van der Waals surface area contributed by atoms with E-state index in [1.165, 1.54) is 29.1 Å². The first-order valence-corrected chi connectivity index (χ1v) is 6.24. The lowest BCUT2D eigenvalue weighted by Gasteiger charge is -2.07. The third-order valence-electron chi connectivity index (χ3n) is 2.94. The van der Waals surface area contributed by atoms with Crippen molar-refractivity contribution >= 4 is 17.3 Å². The number of anilines is 1. The molecule has 0 unspecified atom stereocenters. The molecule has 0 atom stereocenters. The van der Waals surface area contributed by atoms with Gasteiger partial charge in [0.15, 0.2) is 5.69 Å². The van der Waals surface area contributed by atoms with E-state index in [0.29, 0.717) is 17.7 Å². The van der Waals surface area contributed by atoms with E-state index in [2.05, 4.69) is 10.4 Å². The summed E-state index contributed by atoms with van der Waals surface area (Å²) >= 11 is 0. The highest BCUT2D eigenvalue weighted by Crippen LogP contribution is 2.33. The van der Waals surface area contributed by atoms with Crippen LogP contribution in [0, 0.1) is 10.1 Å². The van der Waals surface area contributed by atoms with Crippen molar-refractivity contribution in [1.82, 2.24) is 9.78 Å². The van der Waals surface area contributed by atoms with Gasteiger partial charge in [0.2, 0.25) is 0 Å². The molecule has 21 heavy (non-hydrogen) atoms. The highest BCUT2D eigenvalue weighted by molar-refractivity contribution is 6.06. The lowest BCUT2D eigenvalue weighted by molar-refractivity contribution is -0.384. The van der Waals surface area contributed by atoms with Crippen molar-refractivity contribution in [2.24, 2.45) is 7.05 Å². The Bertz CT molecular complexity index is 708. The first kappa shape index (κ1) is 14.5. The van der Waals surface area contributed by atoms with E-state index in [0.717, 1.165) is 0 Å². The molecule has 1 aromatic heterocycles. The summed E-state index contributed by atoms with van der Waals surface area (Å²) in [5.74, 6) is -0.913. The number of nitro groups is 1. The van der Waals surface area contributed by atoms with E-state index in [-0.39, 0.29) is 17.1 Å². The first-order valence-electron chi connectivity index (χ1n) is 6.24. The van der Waals surface area contributed by atoms with Crippen LogP contribution in [0.1, 0.15) is 23.0 Å². The number of hydrogen-bond donors (Lipinski definition) is 2. The molecule has 8 heteroatoms. The molecule has 0 saturated heterocycles. The quantitative estimate of drug-likeness (QED) is 0.507. The first-order chi connectivity index (χ1) is 9.93. The van der Waals surface area contributed by atoms with Gasteiger partial charge in [-0.3, -0.25) is 19.6 Å². The van der Waals surface area contributed by atoms with Gasteiger partial charge in [-0.15, -0.1) is 0 Å². The van der Waals surface area contributed by atoms with Crippen molar-refractivity contribution in [3.05, 3.63) is 45.8 Å². The summed E-state index contributed by atoms with van der Waals surface area (Å²) in [6, 6.07) is 3.82. The summed E-state index contributed by atoms with van der Waals surface area (Å²) in [4.78, 5) is 22.5. The number of phenols is 1. The third-order valence-corrected chi connectivity index (χ3v) is 2.94. The Labute approximate surface area is 120 Å². The number of nitrogens with one attached hydrogen (secondary N) is 1. The second-order valence-electron chi connectivity index (χ2n) is 4.40. The minimum Gasteiger partial charge on any atom is -0.505 e. The lowest BCUT2D eigenvalue weighted by atomic mass is 10.2. The highest BCUT2D eigenvalue weighted by Gasteiger charge is 2.22. The van der Waals surface area contributed by atoms with Crippen LogP contribution < -0.4 is 5.32 Å². The van der Waals surface area contributed by atoms with Gasteiger partial charge in [-0.1, -0.05) is 13.0 Å². The van der Waals surface area contributed by atoms with E-state index < -0.39 is 10.8 Å². The molecule has 2 N–H and O–H groups in total. The summed E-state index contributed by atoms with van der Waals surface area (Å²) < 4.78 is 1.49. The van der Waals surface area contributed by atoms with Crippen LogP contribution in [0.25, 0.3) is 0 Å². The average Bonchev–Trinajstić information content (AvgIpc) is 2.82. The molecule has 0 radical (unpaired) electrons. The number of benzene rings is 1. The smallest absolute Gasteiger partial charge is 0.296 e. The SMILES string of the molecule is CCc1nn(C)cc1C(=O)Nc1c(O)cccc1[N+](=O)[O-]. The maximum atomic E-state index is 12.2. The molecular weight excluding hydrogens is 276 g/mol. The third kappa shape index (κ3) is 2.83. The van der Waals surface area contributed by atoms with Crippen molar-refractivity contribution in [2.45, 2.75) is 13.3 Å². The van der Waals surface area contributed by atoms with E-state index in [9.17, 15) is 20.0 Å². The molecule has 110 valence electrons. The van der Waals surface area contributed by atoms with Gasteiger partial charge in [-0.25, -0.2) is 0 Å². The maximum Gasteiger partial charge on any atom is 0.296 e. The average molecular weight is 290 g/mol. The van der Waals surface area contributed by atoms with Crippen molar-refractivity contribution in [1.29, 1.82) is 0 Å². The van der Waals surface area contributed by atoms with Crippen molar-refractivity contribution in [2.75, 3.05) is 5.32 Å². The molecule has 0 spiro atoms. The second-order valence-corrected chi connectivity index (χ2v) is 4.40. The molecule has 1 heterocycles. The number of carbonyl (C=O) groups excluding carboxylic acids is 1. The van der Waals surface area contributed by atoms with Gasteiger partial charge in [0, 0.05) is 19.3 Å². The number of nitro benzene ring substituents is 1. The molecule has 8 nitrogen and oxygen atoms in total. The molecule has 0 aliphatic heterocycles. The van der Waals surface area contributed by atoms with Crippen LogP contribution in [0.15, 0.2) is 24.4 Å². The van der Waals surface area contributed by atoms with Gasteiger partial charge in [-0.2, -0.15) is 5.10 Å². The van der Waals surface area contributed by atoms with E-state index in [4.69, 9.17) is 0 Å². The van der Waals surface area contributed by atoms with Crippen molar-refractivity contribution in [3.8, 4) is 5.75 Å². The molecule has 0 saturated carbocycles. The summed E-state index contributed by atoms with van der Waals surface area (Å²) in [7, 11) is 1.68. The molecular formula is C13H14N4O4. The predicted molar refractivity (Wildman–Crippen MR) is 75.3 cm³/mol. The Morgan fingerprint density at radius 2 is 2.24 bits per heavy atom. The number of carbonyl (C=O) groups is 1. The van der Waals surface area contributed by atoms with Crippen molar-refractivity contribution < 1.29 is 14.8 Å². The molecule has 0 fully saturated rings. The Kier molecular flexibility index (Phi) is 3.88. The fourth-order valence-electron chi connectivity index (χ4n) is 1.97. The van der Waals surface area contributed by atoms with E-state index in [1.807, 2.05) is 6.92 Å². The monoisotopic (exact) mass is 290 g/mol. The van der Waals surface area contributed by atoms with E-state index in [1.54, 1.807) is 7.05 Å². The zero-order valence-electron chi connectivity index (χ0n) is 11.5. The highest BCUT2D eigenvalue weighted by atomic mass is 16.6. The van der Waals surface area contributed by atoms with Gasteiger partial charge < -0.3 is 10.4 Å². The van der Waals surface area contributed by atoms with Gasteiger partial charge in [0.05, 0.1) is 16.2 Å². The van der Waals surface area contributed by atoms with Gasteiger partial charge in [-0.05, 0) is 12.5 Å². The normalized spacial score (nSPS) is 10.4. The number of phenolic OH excluding ortho intramolecular Hbond substituents is 1. The van der Waals surface area contributed by atoms with Gasteiger partial charge in [0.25, 0.3) is 11.6 Å². The zero-order valence-corrected chi connectivity index (χ0v) is 11.5. The van der Waals surface area contributed by atoms with Crippen LogP contribution in [0.4, 0.5) is 11.4 Å². The van der Waals surface area contributed by atoms with Crippen LogP contribution in [0.3, 0.4) is 0 Å². The number of para-hydroxylation sites is 1. The Hall–Kier alpha value is -2.90. The van der Waals surface area contributed by atoms with Crippen LogP contribution in [-0.2, 0) is 13.5 Å². The Morgan fingerprint density at radius 3 is 2.86 bits per heavy atom. The summed E-state index contributed by atoms with van der Waals surface area (Å²) in [5, 5.41) is 27.2. The second kappa shape index (κ2) is 5.61. The molecule has 1 amide bonds. The molecule has 0 aliphatic rings. The number of hydrogen-bond acceptors (Lipinski definition) is 5. The standard InChI is InChI=1S/C13H14N4O4/c1-3-9-8(7-16(2)15-9)13(19)14-12-10(17(20)21)5-4-6-11(12)18/h4-7,18H,3H2,1-2H3,(H,14,19). The van der Waals surface area contributed by atoms with Crippen LogP contribution >= 0.6 is 0 Å². The zero-order chi connectivity index (χ0) is 15.6. The maximum absolute atomic E-state index is 12.2. The summed E-state index contributed by atoms with van der Waals surface area (Å²) in [6.07, 6.45) is 2.08. The number of rotatable bonds is 4. The Morgan fingerprint density at radius 1 is 1.52 bits per heavy atom. The summed E-state index contributed by atoms with van der Waals surface area (Å²) in [6.45, 7) is 1.85. The van der Waals surface area contributed by atoms with Crippen molar-refractivity contribution in [3.63, 3.8) is 0 Å². The minimum absolute atomic E-state index is 0.224. The van der Waals surface area contributed by atoms with Gasteiger partial charge >= 0.3 is 0 Å². The Balaban J connectivity index is 2.38. The fraction of sp³-hybridized carbons (Fsp3) is 0.231. The topological polar surface area (TPSA) is 110 Å². The summed E-state index contributed by atoms with van der Waals surface area (Å²) in [5.41, 5.74) is 0.300. The van der Waals surface area contributed by atoms with Crippen LogP contribution in [0.5, 0.6) is 5.75 Å². The van der Waals surface area contributed by atoms with Gasteiger partial charge in [0.1, 0.15) is 5.75 Å². The minimum atomic E-state index is -0.667. The molecule has 1 aromatic carbocycles. The number of amides is 1. The molecule has 0 aliphatic carbocycles. The fourth-order valence-corrected chi connectivity index (χ4v) is 1.97. The lowest BCUT2D eigenvalue weighted by Crippen LogP contribution is -2.14. The number of aryl methyl sites for hydroxylation is 2. The molecule has 0 bridgehead atoms. The molecule has 2 rings (SSSR count). The molecule has 2 aromatic rings. The van der Waals surface area contributed by atoms with Crippen LogP contribution in [-0.4, -0.2) is 25.7 Å². The largest absolute Gasteiger partial charge is 0.505 e. The number of aromatic hydroxyl groups is 1. The number of nitrogens with zero attached hydrogens (tertiary/aromatic N) is 3. The predicted octanol–water partition coefficient (Wildman–Crippen LogP) is 1.85. The van der Waals surface area contributed by atoms with E-state index >= 15 is 0 Å². The number of aromatic nitrogens is 2. The van der Waals surface area contributed by atoms with Crippen LogP contribution in [0.2, 0.25) is 0 Å².